The van der Waals surface area contributed by atoms with Crippen LogP contribution in [0.2, 0.25) is 0 Å². The smallest absolute Gasteiger partial charge is 0.350 e. The van der Waals surface area contributed by atoms with Crippen LogP contribution in [0.1, 0.15) is 61.6 Å². The number of amides is 2. The molecule has 4 rings (SSSR count). The first kappa shape index (κ1) is 27.1. The van der Waals surface area contributed by atoms with Gasteiger partial charge in [0.15, 0.2) is 0 Å². The van der Waals surface area contributed by atoms with Crippen LogP contribution in [0.15, 0.2) is 48.5 Å². The molecule has 2 N–H and O–H groups in total. The van der Waals surface area contributed by atoms with E-state index in [9.17, 15) is 27.2 Å². The minimum Gasteiger partial charge on any atom is -0.350 e. The van der Waals surface area contributed by atoms with Gasteiger partial charge in [-0.3, -0.25) is 14.5 Å². The predicted octanol–water partition coefficient (Wildman–Crippen LogP) is 5.38. The first-order valence-electron chi connectivity index (χ1n) is 12.7. The molecule has 2 fully saturated rings. The molecule has 2 amide bonds. The summed E-state index contributed by atoms with van der Waals surface area (Å²) >= 11 is 0. The van der Waals surface area contributed by atoms with E-state index in [2.05, 4.69) is 24.5 Å². The molecule has 2 aliphatic rings. The van der Waals surface area contributed by atoms with E-state index in [0.717, 1.165) is 11.1 Å². The third-order valence-electron chi connectivity index (χ3n) is 7.13. The molecule has 2 aromatic rings. The fourth-order valence-electron chi connectivity index (χ4n) is 4.83. The topological polar surface area (TPSA) is 61.4 Å². The Morgan fingerprint density at radius 1 is 1.00 bits per heavy atom. The number of benzene rings is 2. The van der Waals surface area contributed by atoms with Crippen LogP contribution in [-0.2, 0) is 9.59 Å². The van der Waals surface area contributed by atoms with Crippen molar-refractivity contribution in [1.29, 1.82) is 0 Å². The number of anilines is 1. The second kappa shape index (κ2) is 11.2. The van der Waals surface area contributed by atoms with Crippen LogP contribution < -0.4 is 10.6 Å². The number of nitrogens with zero attached hydrogens (tertiary/aromatic N) is 1. The van der Waals surface area contributed by atoms with Gasteiger partial charge in [-0.05, 0) is 54.6 Å². The van der Waals surface area contributed by atoms with Gasteiger partial charge in [0.05, 0.1) is 18.5 Å². The summed E-state index contributed by atoms with van der Waals surface area (Å²) in [6.07, 6.45) is -4.38. The van der Waals surface area contributed by atoms with Crippen molar-refractivity contribution in [2.24, 2.45) is 5.92 Å². The van der Waals surface area contributed by atoms with Gasteiger partial charge in [0.2, 0.25) is 11.8 Å². The lowest BCUT2D eigenvalue weighted by Gasteiger charge is -2.32. The number of likely N-dealkylation sites (tertiary alicyclic amines) is 1. The van der Waals surface area contributed by atoms with E-state index in [1.54, 1.807) is 24.3 Å². The Kier molecular flexibility index (Phi) is 8.21. The molecule has 1 saturated carbocycles. The number of rotatable bonds is 8. The van der Waals surface area contributed by atoms with Gasteiger partial charge in [-0.1, -0.05) is 56.3 Å². The van der Waals surface area contributed by atoms with E-state index in [1.165, 1.54) is 4.90 Å². The number of halogens is 4. The molecule has 37 heavy (non-hydrogen) atoms. The van der Waals surface area contributed by atoms with Crippen LogP contribution in [0.25, 0.3) is 0 Å². The van der Waals surface area contributed by atoms with Gasteiger partial charge >= 0.3 is 6.18 Å². The van der Waals surface area contributed by atoms with E-state index >= 15 is 0 Å². The Morgan fingerprint density at radius 3 is 2.16 bits per heavy atom. The fraction of sp³-hybridized carbons (Fsp3) is 0.500. The Hall–Kier alpha value is -2.94. The first-order chi connectivity index (χ1) is 17.5. The van der Waals surface area contributed by atoms with E-state index in [0.29, 0.717) is 30.0 Å². The molecule has 2 aromatic carbocycles. The van der Waals surface area contributed by atoms with Crippen LogP contribution >= 0.6 is 0 Å². The zero-order chi connectivity index (χ0) is 26.7. The first-order valence-corrected chi connectivity index (χ1v) is 12.7. The number of carbonyl (C=O) groups is 2. The summed E-state index contributed by atoms with van der Waals surface area (Å²) < 4.78 is 51.7. The summed E-state index contributed by atoms with van der Waals surface area (Å²) in [5.41, 5.74) is 2.88. The number of alkyl halides is 4. The standard InChI is InChI=1S/C28H33F4N3O2/c1-17(2)18-7-9-19(10-8-18)25(27(37)34-24-15-22(24)29)21-5-3-4-6-23(21)33-26(36)20-11-13-35(14-12-20)16-28(30,31)32/h3-10,17,20,22,24-25H,11-16H2,1-2H3,(H,33,36)(H,34,37). The van der Waals surface area contributed by atoms with Gasteiger partial charge in [0.1, 0.15) is 6.17 Å². The minimum atomic E-state index is -4.26. The van der Waals surface area contributed by atoms with E-state index in [4.69, 9.17) is 0 Å². The van der Waals surface area contributed by atoms with Gasteiger partial charge in [-0.25, -0.2) is 4.39 Å². The van der Waals surface area contributed by atoms with Crippen molar-refractivity contribution < 1.29 is 27.2 Å². The predicted molar refractivity (Wildman–Crippen MR) is 134 cm³/mol. The van der Waals surface area contributed by atoms with Gasteiger partial charge in [-0.15, -0.1) is 0 Å². The molecule has 1 aliphatic heterocycles. The number of carbonyl (C=O) groups excluding carboxylic acids is 2. The van der Waals surface area contributed by atoms with Crippen LogP contribution in [0.3, 0.4) is 0 Å². The number of hydrogen-bond donors (Lipinski definition) is 2. The molecule has 3 atom stereocenters. The maximum atomic E-state index is 13.6. The Bertz CT molecular complexity index is 1100. The summed E-state index contributed by atoms with van der Waals surface area (Å²) in [6, 6.07) is 14.2. The summed E-state index contributed by atoms with van der Waals surface area (Å²) in [7, 11) is 0. The zero-order valence-electron chi connectivity index (χ0n) is 21.0. The molecule has 0 spiro atoms. The third kappa shape index (κ3) is 7.09. The zero-order valence-corrected chi connectivity index (χ0v) is 21.0. The highest BCUT2D eigenvalue weighted by atomic mass is 19.4. The monoisotopic (exact) mass is 519 g/mol. The normalized spacial score (nSPS) is 21.5. The molecule has 0 aromatic heterocycles. The molecular weight excluding hydrogens is 486 g/mol. The second-order valence-electron chi connectivity index (χ2n) is 10.4. The van der Waals surface area contributed by atoms with Crippen molar-refractivity contribution in [3.8, 4) is 0 Å². The van der Waals surface area contributed by atoms with Gasteiger partial charge < -0.3 is 10.6 Å². The van der Waals surface area contributed by atoms with Crippen LogP contribution in [0, 0.1) is 5.92 Å². The highest BCUT2D eigenvalue weighted by molar-refractivity contribution is 5.96. The number of nitrogens with one attached hydrogen (secondary N) is 2. The molecule has 9 heteroatoms. The Morgan fingerprint density at radius 2 is 1.59 bits per heavy atom. The molecule has 0 bridgehead atoms. The largest absolute Gasteiger partial charge is 0.401 e. The highest BCUT2D eigenvalue weighted by Crippen LogP contribution is 2.34. The van der Waals surface area contributed by atoms with E-state index in [-0.39, 0.29) is 31.3 Å². The lowest BCUT2D eigenvalue weighted by molar-refractivity contribution is -0.149. The number of para-hydroxylation sites is 1. The second-order valence-corrected chi connectivity index (χ2v) is 10.4. The molecule has 1 saturated heterocycles. The number of piperidine rings is 1. The summed E-state index contributed by atoms with van der Waals surface area (Å²) in [5, 5.41) is 5.70. The molecule has 1 heterocycles. The van der Waals surface area contributed by atoms with Gasteiger partial charge in [0, 0.05) is 18.0 Å². The Balaban J connectivity index is 1.53. The molecular formula is C28H33F4N3O2. The van der Waals surface area contributed by atoms with Crippen molar-refractivity contribution >= 4 is 17.5 Å². The third-order valence-corrected chi connectivity index (χ3v) is 7.13. The van der Waals surface area contributed by atoms with Gasteiger partial charge in [0.25, 0.3) is 0 Å². The minimum absolute atomic E-state index is 0.193. The lowest BCUT2D eigenvalue weighted by Crippen LogP contribution is -2.42. The maximum Gasteiger partial charge on any atom is 0.401 e. The summed E-state index contributed by atoms with van der Waals surface area (Å²) in [6.45, 7) is 3.56. The van der Waals surface area contributed by atoms with Crippen LogP contribution in [-0.4, -0.2) is 54.7 Å². The van der Waals surface area contributed by atoms with Crippen molar-refractivity contribution in [2.45, 2.75) is 63.3 Å². The van der Waals surface area contributed by atoms with E-state index in [1.807, 2.05) is 24.3 Å². The summed E-state index contributed by atoms with van der Waals surface area (Å²) in [5.74, 6) is -1.49. The molecule has 5 nitrogen and oxygen atoms in total. The number of hydrogen-bond acceptors (Lipinski definition) is 3. The average Bonchev–Trinajstić information content (AvgIpc) is 3.54. The molecule has 200 valence electrons. The lowest BCUT2D eigenvalue weighted by atomic mass is 9.87. The highest BCUT2D eigenvalue weighted by Gasteiger charge is 2.41. The van der Waals surface area contributed by atoms with Crippen molar-refractivity contribution in [3.05, 3.63) is 65.2 Å². The van der Waals surface area contributed by atoms with Gasteiger partial charge in [-0.2, -0.15) is 13.2 Å². The quantitative estimate of drug-likeness (QED) is 0.461. The molecule has 0 radical (unpaired) electrons. The summed E-state index contributed by atoms with van der Waals surface area (Å²) in [4.78, 5) is 27.8. The van der Waals surface area contributed by atoms with Crippen molar-refractivity contribution in [2.75, 3.05) is 25.0 Å². The van der Waals surface area contributed by atoms with Crippen molar-refractivity contribution in [3.63, 3.8) is 0 Å². The average molecular weight is 520 g/mol. The molecule has 3 unspecified atom stereocenters. The fourth-order valence-corrected chi connectivity index (χ4v) is 4.83. The van der Waals surface area contributed by atoms with Crippen molar-refractivity contribution in [1.82, 2.24) is 10.2 Å². The SMILES string of the molecule is CC(C)c1ccc(C(C(=O)NC2CC2F)c2ccccc2NC(=O)C2CCN(CC(F)(F)F)CC2)cc1. The maximum absolute atomic E-state index is 13.6. The van der Waals surface area contributed by atoms with Crippen LogP contribution in [0.4, 0.5) is 23.2 Å². The van der Waals surface area contributed by atoms with E-state index < -0.39 is 36.8 Å². The van der Waals surface area contributed by atoms with Crippen LogP contribution in [0.5, 0.6) is 0 Å². The Labute approximate surface area is 214 Å². The molecule has 1 aliphatic carbocycles.